The number of nitrogens with zero attached hydrogens (tertiary/aromatic N) is 2. The first-order chi connectivity index (χ1) is 14.5. The maximum absolute atomic E-state index is 12.3. The number of carbonyl (C=O) groups is 2. The van der Waals surface area contributed by atoms with Crippen LogP contribution in [0.5, 0.6) is 0 Å². The van der Waals surface area contributed by atoms with E-state index in [1.165, 1.54) is 0 Å². The highest BCUT2D eigenvalue weighted by atomic mass is 19.4. The van der Waals surface area contributed by atoms with Crippen LogP contribution >= 0.6 is 0 Å². The first-order valence-electron chi connectivity index (χ1n) is 8.95. The highest BCUT2D eigenvalue weighted by Crippen LogP contribution is 2.17. The fourth-order valence-electron chi connectivity index (χ4n) is 2.48. The van der Waals surface area contributed by atoms with Gasteiger partial charge in [-0.05, 0) is 55.8 Å². The molecular formula is C21H20F3N3O4. The van der Waals surface area contributed by atoms with Gasteiger partial charge in [-0.1, -0.05) is 12.1 Å². The number of aromatic nitrogens is 2. The van der Waals surface area contributed by atoms with Gasteiger partial charge in [0.25, 0.3) is 5.91 Å². The summed E-state index contributed by atoms with van der Waals surface area (Å²) in [7, 11) is 0. The van der Waals surface area contributed by atoms with Crippen molar-refractivity contribution in [1.29, 1.82) is 0 Å². The Balaban J connectivity index is 0.000000423. The second kappa shape index (κ2) is 9.90. The molecule has 0 aliphatic carbocycles. The normalized spacial score (nSPS) is 10.8. The predicted molar refractivity (Wildman–Crippen MR) is 107 cm³/mol. The van der Waals surface area contributed by atoms with Crippen LogP contribution in [0, 0.1) is 13.8 Å². The minimum Gasteiger partial charge on any atom is -0.475 e. The van der Waals surface area contributed by atoms with Gasteiger partial charge in [-0.3, -0.25) is 4.79 Å². The van der Waals surface area contributed by atoms with Gasteiger partial charge in [-0.25, -0.2) is 9.78 Å². The number of nitrogens with one attached hydrogen (secondary N) is 1. The van der Waals surface area contributed by atoms with Crippen molar-refractivity contribution < 1.29 is 33.0 Å². The number of imidazole rings is 1. The second-order valence-corrected chi connectivity index (χ2v) is 6.45. The number of halogens is 3. The number of aliphatic hydroxyl groups is 1. The summed E-state index contributed by atoms with van der Waals surface area (Å²) in [6.45, 7) is 3.91. The molecule has 0 unspecified atom stereocenters. The molecule has 0 atom stereocenters. The van der Waals surface area contributed by atoms with Crippen LogP contribution in [0.3, 0.4) is 0 Å². The Kier molecular flexibility index (Phi) is 7.54. The number of amides is 1. The van der Waals surface area contributed by atoms with Crippen LogP contribution in [-0.4, -0.2) is 37.8 Å². The Bertz CT molecular complexity index is 1060. The molecule has 0 fully saturated rings. The zero-order valence-corrected chi connectivity index (χ0v) is 16.6. The maximum Gasteiger partial charge on any atom is 0.490 e. The van der Waals surface area contributed by atoms with Crippen LogP contribution in [0.25, 0.3) is 5.69 Å². The molecule has 2 aromatic carbocycles. The van der Waals surface area contributed by atoms with E-state index < -0.39 is 12.1 Å². The second-order valence-electron chi connectivity index (χ2n) is 6.45. The van der Waals surface area contributed by atoms with E-state index >= 15 is 0 Å². The van der Waals surface area contributed by atoms with Crippen molar-refractivity contribution in [3.8, 4) is 5.69 Å². The van der Waals surface area contributed by atoms with E-state index in [2.05, 4.69) is 10.3 Å². The molecule has 0 bridgehead atoms. The van der Waals surface area contributed by atoms with Crippen molar-refractivity contribution in [2.45, 2.75) is 26.6 Å². The fourth-order valence-corrected chi connectivity index (χ4v) is 2.48. The smallest absolute Gasteiger partial charge is 0.475 e. The van der Waals surface area contributed by atoms with Gasteiger partial charge in [-0.15, -0.1) is 0 Å². The molecule has 3 aromatic rings. The van der Waals surface area contributed by atoms with Gasteiger partial charge in [0, 0.05) is 22.6 Å². The molecule has 0 radical (unpaired) electrons. The molecule has 3 N–H and O–H groups in total. The van der Waals surface area contributed by atoms with Gasteiger partial charge in [-0.2, -0.15) is 13.2 Å². The average molecular weight is 435 g/mol. The molecule has 1 heterocycles. The van der Waals surface area contributed by atoms with E-state index in [4.69, 9.17) is 15.0 Å². The lowest BCUT2D eigenvalue weighted by atomic mass is 10.1. The largest absolute Gasteiger partial charge is 0.490 e. The van der Waals surface area contributed by atoms with E-state index in [0.717, 1.165) is 17.1 Å². The number of aliphatic carboxylic acids is 1. The van der Waals surface area contributed by atoms with Crippen molar-refractivity contribution in [2.24, 2.45) is 0 Å². The molecule has 0 saturated carbocycles. The van der Waals surface area contributed by atoms with Crippen LogP contribution < -0.4 is 5.32 Å². The summed E-state index contributed by atoms with van der Waals surface area (Å²) in [6, 6.07) is 14.5. The Hall–Kier alpha value is -3.66. The topological polar surface area (TPSA) is 104 Å². The van der Waals surface area contributed by atoms with Gasteiger partial charge in [0.05, 0.1) is 18.6 Å². The van der Waals surface area contributed by atoms with E-state index in [0.29, 0.717) is 16.8 Å². The Labute approximate surface area is 175 Å². The third-order valence-corrected chi connectivity index (χ3v) is 4.27. The van der Waals surface area contributed by atoms with Gasteiger partial charge in [0.15, 0.2) is 0 Å². The number of anilines is 1. The number of carbonyl (C=O) groups excluding carboxylic acids is 1. The Morgan fingerprint density at radius 1 is 1.10 bits per heavy atom. The molecule has 1 aromatic heterocycles. The number of carboxylic acids is 1. The molecule has 31 heavy (non-hydrogen) atoms. The Morgan fingerprint density at radius 2 is 1.71 bits per heavy atom. The number of aryl methyl sites for hydroxylation is 1. The molecule has 0 aliphatic heterocycles. The van der Waals surface area contributed by atoms with Crippen LogP contribution in [-0.2, 0) is 11.4 Å². The third-order valence-electron chi connectivity index (χ3n) is 4.27. The molecule has 0 aliphatic rings. The summed E-state index contributed by atoms with van der Waals surface area (Å²) < 4.78 is 33.7. The highest BCUT2D eigenvalue weighted by molar-refractivity contribution is 6.04. The Morgan fingerprint density at radius 3 is 2.19 bits per heavy atom. The lowest BCUT2D eigenvalue weighted by molar-refractivity contribution is -0.192. The van der Waals surface area contributed by atoms with Crippen LogP contribution in [0.1, 0.15) is 27.3 Å². The monoisotopic (exact) mass is 435 g/mol. The highest BCUT2D eigenvalue weighted by Gasteiger charge is 2.38. The summed E-state index contributed by atoms with van der Waals surface area (Å²) in [5.74, 6) is -2.96. The van der Waals surface area contributed by atoms with Crippen molar-refractivity contribution in [3.63, 3.8) is 0 Å². The van der Waals surface area contributed by atoms with Crippen molar-refractivity contribution in [2.75, 3.05) is 5.32 Å². The van der Waals surface area contributed by atoms with Crippen molar-refractivity contribution in [3.05, 3.63) is 77.4 Å². The van der Waals surface area contributed by atoms with Gasteiger partial charge < -0.3 is 20.1 Å². The molecular weight excluding hydrogens is 415 g/mol. The molecule has 1 amide bonds. The zero-order valence-electron chi connectivity index (χ0n) is 16.6. The molecule has 0 saturated heterocycles. The van der Waals surface area contributed by atoms with E-state index in [1.807, 2.05) is 42.7 Å². The van der Waals surface area contributed by atoms with Crippen molar-refractivity contribution in [1.82, 2.24) is 9.55 Å². The summed E-state index contributed by atoms with van der Waals surface area (Å²) in [4.78, 5) is 25.5. The summed E-state index contributed by atoms with van der Waals surface area (Å²) in [6.07, 6.45) is -3.29. The number of hydrogen-bond donors (Lipinski definition) is 3. The molecule has 3 rings (SSSR count). The summed E-state index contributed by atoms with van der Waals surface area (Å²) >= 11 is 0. The number of benzene rings is 2. The van der Waals surface area contributed by atoms with Crippen LogP contribution in [0.4, 0.5) is 18.9 Å². The van der Waals surface area contributed by atoms with Gasteiger partial charge in [0.2, 0.25) is 0 Å². The molecule has 10 heteroatoms. The number of hydrogen-bond acceptors (Lipinski definition) is 4. The zero-order chi connectivity index (χ0) is 23.2. The third kappa shape index (κ3) is 6.41. The van der Waals surface area contributed by atoms with E-state index in [-0.39, 0.29) is 12.5 Å². The first kappa shape index (κ1) is 23.6. The fraction of sp³-hybridized carbons (Fsp3) is 0.190. The number of alkyl halides is 3. The van der Waals surface area contributed by atoms with Crippen molar-refractivity contribution >= 4 is 17.6 Å². The number of rotatable bonds is 4. The SMILES string of the molecule is Cc1ncn(-c2ccc(NC(=O)c3cccc(CO)c3)cc2)c1C.O=C(O)C(F)(F)F. The number of carboxylic acid groups (broad SMARTS) is 1. The quantitative estimate of drug-likeness (QED) is 0.577. The molecule has 0 spiro atoms. The minimum atomic E-state index is -5.08. The number of aliphatic hydroxyl groups excluding tert-OH is 1. The predicted octanol–water partition coefficient (Wildman–Crippen LogP) is 3.87. The van der Waals surface area contributed by atoms with E-state index in [1.54, 1.807) is 30.6 Å². The maximum atomic E-state index is 12.3. The first-order valence-corrected chi connectivity index (χ1v) is 8.95. The van der Waals surface area contributed by atoms with Crippen LogP contribution in [0.15, 0.2) is 54.9 Å². The molecule has 164 valence electrons. The van der Waals surface area contributed by atoms with Gasteiger partial charge in [0.1, 0.15) is 0 Å². The lowest BCUT2D eigenvalue weighted by Gasteiger charge is -2.09. The van der Waals surface area contributed by atoms with E-state index in [9.17, 15) is 18.0 Å². The summed E-state index contributed by atoms with van der Waals surface area (Å²) in [5, 5.41) is 19.1. The van der Waals surface area contributed by atoms with Crippen LogP contribution in [0.2, 0.25) is 0 Å². The molecule has 7 nitrogen and oxygen atoms in total. The average Bonchev–Trinajstić information content (AvgIpc) is 3.07. The minimum absolute atomic E-state index is 0.0838. The van der Waals surface area contributed by atoms with Gasteiger partial charge >= 0.3 is 12.1 Å². The summed E-state index contributed by atoms with van der Waals surface area (Å²) in [5.41, 5.74) is 5.03. The lowest BCUT2D eigenvalue weighted by Crippen LogP contribution is -2.21. The standard InChI is InChI=1S/C19H19N3O2.C2HF3O2/c1-13-14(2)22(12-20-13)18-8-6-17(7-9-18)21-19(24)16-5-3-4-15(10-16)11-23;3-2(4,5)1(6)7/h3-10,12,23H,11H2,1-2H3,(H,21,24);(H,6,7).